The first kappa shape index (κ1) is 15.5. The minimum atomic E-state index is -0.440. The van der Waals surface area contributed by atoms with Gasteiger partial charge in [0.05, 0.1) is 4.92 Å². The number of nitrogens with zero attached hydrogens (tertiary/aromatic N) is 3. The molecule has 0 atom stereocenters. The van der Waals surface area contributed by atoms with Crippen molar-refractivity contribution < 1.29 is 4.92 Å². The Balaban J connectivity index is 2.13. The van der Waals surface area contributed by atoms with E-state index in [0.717, 1.165) is 25.7 Å². The largest absolute Gasteiger partial charge is 0.361 e. The van der Waals surface area contributed by atoms with Gasteiger partial charge in [-0.15, -0.1) is 0 Å². The van der Waals surface area contributed by atoms with Crippen molar-refractivity contribution in [2.45, 2.75) is 52.5 Å². The molecule has 7 nitrogen and oxygen atoms in total. The molecule has 1 aromatic heterocycles. The summed E-state index contributed by atoms with van der Waals surface area (Å²) in [4.78, 5) is 18.9. The van der Waals surface area contributed by atoms with E-state index in [9.17, 15) is 10.1 Å². The zero-order chi connectivity index (χ0) is 15.5. The van der Waals surface area contributed by atoms with Crippen LogP contribution in [0.3, 0.4) is 0 Å². The van der Waals surface area contributed by atoms with E-state index in [1.54, 1.807) is 0 Å². The highest BCUT2D eigenvalue weighted by Crippen LogP contribution is 2.36. The van der Waals surface area contributed by atoms with Gasteiger partial charge in [-0.2, -0.15) is 4.98 Å². The van der Waals surface area contributed by atoms with E-state index in [4.69, 9.17) is 0 Å². The second-order valence-electron chi connectivity index (χ2n) is 6.30. The second-order valence-corrected chi connectivity index (χ2v) is 6.30. The fraction of sp³-hybridized carbons (Fsp3) is 0.714. The van der Waals surface area contributed by atoms with Crippen LogP contribution >= 0.6 is 0 Å². The lowest BCUT2D eigenvalue weighted by Gasteiger charge is -2.34. The lowest BCUT2D eigenvalue weighted by molar-refractivity contribution is -0.384. The van der Waals surface area contributed by atoms with Crippen LogP contribution in [-0.4, -0.2) is 27.5 Å². The molecule has 0 aliphatic heterocycles. The van der Waals surface area contributed by atoms with Gasteiger partial charge in [0.2, 0.25) is 11.8 Å². The second kappa shape index (κ2) is 6.24. The fourth-order valence-corrected chi connectivity index (χ4v) is 2.60. The monoisotopic (exact) mass is 293 g/mol. The smallest absolute Gasteiger partial charge is 0.329 e. The molecule has 1 aliphatic carbocycles. The van der Waals surface area contributed by atoms with Crippen LogP contribution in [0, 0.1) is 15.5 Å². The van der Waals surface area contributed by atoms with Gasteiger partial charge in [-0.05, 0) is 38.0 Å². The van der Waals surface area contributed by atoms with Gasteiger partial charge in [-0.1, -0.05) is 13.8 Å². The molecule has 1 saturated carbocycles. The molecule has 0 bridgehead atoms. The standard InChI is InChI=1S/C14H23N5O2/c1-4-15-13-16-9-11(19(20)21)12(18-13)17-10-5-7-14(2,3)8-6-10/h9-10H,4-8H2,1-3H3,(H2,15,16,17,18). The third kappa shape index (κ3) is 4.03. The molecule has 7 heteroatoms. The van der Waals surface area contributed by atoms with Crippen LogP contribution in [0.1, 0.15) is 46.5 Å². The number of aromatic nitrogens is 2. The van der Waals surface area contributed by atoms with Gasteiger partial charge in [-0.3, -0.25) is 10.1 Å². The highest BCUT2D eigenvalue weighted by atomic mass is 16.6. The summed E-state index contributed by atoms with van der Waals surface area (Å²) in [5.41, 5.74) is 0.298. The first-order valence-corrected chi connectivity index (χ1v) is 7.43. The molecule has 116 valence electrons. The van der Waals surface area contributed by atoms with Gasteiger partial charge in [0.25, 0.3) is 0 Å². The minimum absolute atomic E-state index is 0.0681. The number of hydrogen-bond donors (Lipinski definition) is 2. The van der Waals surface area contributed by atoms with Gasteiger partial charge in [0.15, 0.2) is 0 Å². The quantitative estimate of drug-likeness (QED) is 0.639. The highest BCUT2D eigenvalue weighted by molar-refractivity contribution is 5.57. The van der Waals surface area contributed by atoms with Crippen LogP contribution in [0.2, 0.25) is 0 Å². The molecular weight excluding hydrogens is 270 g/mol. The Morgan fingerprint density at radius 2 is 2.10 bits per heavy atom. The number of nitrogens with one attached hydrogen (secondary N) is 2. The summed E-state index contributed by atoms with van der Waals surface area (Å²) in [6.07, 6.45) is 5.50. The number of hydrogen-bond acceptors (Lipinski definition) is 6. The molecule has 1 aliphatic rings. The summed E-state index contributed by atoms with van der Waals surface area (Å²) in [5.74, 6) is 0.734. The van der Waals surface area contributed by atoms with E-state index in [0.29, 0.717) is 23.7 Å². The summed E-state index contributed by atoms with van der Waals surface area (Å²) in [7, 11) is 0. The van der Waals surface area contributed by atoms with Crippen molar-refractivity contribution in [1.29, 1.82) is 0 Å². The summed E-state index contributed by atoms with van der Waals surface area (Å²) in [6, 6.07) is 0.237. The molecule has 0 aromatic carbocycles. The predicted molar refractivity (Wildman–Crippen MR) is 82.5 cm³/mol. The normalized spacial score (nSPS) is 18.2. The average molecular weight is 293 g/mol. The van der Waals surface area contributed by atoms with Crippen LogP contribution in [0.15, 0.2) is 6.20 Å². The predicted octanol–water partition coefficient (Wildman–Crippen LogP) is 3.20. The molecule has 1 aromatic rings. The first-order valence-electron chi connectivity index (χ1n) is 7.43. The molecule has 0 saturated heterocycles. The Morgan fingerprint density at radius 1 is 1.43 bits per heavy atom. The van der Waals surface area contributed by atoms with Crippen LogP contribution in [0.4, 0.5) is 17.5 Å². The Bertz CT molecular complexity index is 508. The Kier molecular flexibility index (Phi) is 4.59. The third-order valence-electron chi connectivity index (χ3n) is 3.98. The maximum atomic E-state index is 11.1. The van der Waals surface area contributed by atoms with Crippen LogP contribution < -0.4 is 10.6 Å². The molecule has 0 radical (unpaired) electrons. The first-order chi connectivity index (χ1) is 9.91. The zero-order valence-electron chi connectivity index (χ0n) is 12.8. The van der Waals surface area contributed by atoms with Crippen molar-refractivity contribution in [3.8, 4) is 0 Å². The van der Waals surface area contributed by atoms with Gasteiger partial charge in [-0.25, -0.2) is 4.98 Å². The summed E-state index contributed by atoms with van der Waals surface area (Å²) >= 11 is 0. The molecule has 2 rings (SSSR count). The van der Waals surface area contributed by atoms with Crippen molar-refractivity contribution in [1.82, 2.24) is 9.97 Å². The Morgan fingerprint density at radius 3 is 2.67 bits per heavy atom. The summed E-state index contributed by atoms with van der Waals surface area (Å²) in [6.45, 7) is 7.13. The van der Waals surface area contributed by atoms with Crippen LogP contribution in [-0.2, 0) is 0 Å². The zero-order valence-corrected chi connectivity index (χ0v) is 12.8. The van der Waals surface area contributed by atoms with E-state index in [1.807, 2.05) is 6.92 Å². The minimum Gasteiger partial charge on any atom is -0.361 e. The Hall–Kier alpha value is -1.92. The van der Waals surface area contributed by atoms with Crippen molar-refractivity contribution >= 4 is 17.5 Å². The SMILES string of the molecule is CCNc1ncc([N+](=O)[O-])c(NC2CCC(C)(C)CC2)n1. The van der Waals surface area contributed by atoms with Gasteiger partial charge < -0.3 is 10.6 Å². The molecule has 0 amide bonds. The van der Waals surface area contributed by atoms with Gasteiger partial charge in [0.1, 0.15) is 6.20 Å². The van der Waals surface area contributed by atoms with E-state index in [2.05, 4.69) is 34.4 Å². The van der Waals surface area contributed by atoms with E-state index >= 15 is 0 Å². The molecule has 2 N–H and O–H groups in total. The number of rotatable bonds is 5. The molecule has 1 heterocycles. The van der Waals surface area contributed by atoms with E-state index in [-0.39, 0.29) is 11.7 Å². The maximum absolute atomic E-state index is 11.1. The highest BCUT2D eigenvalue weighted by Gasteiger charge is 2.28. The molecular formula is C14H23N5O2. The molecule has 0 unspecified atom stereocenters. The average Bonchev–Trinajstić information content (AvgIpc) is 2.41. The Labute approximate surface area is 124 Å². The van der Waals surface area contributed by atoms with Crippen molar-refractivity contribution in [3.05, 3.63) is 16.3 Å². The lowest BCUT2D eigenvalue weighted by atomic mass is 9.75. The van der Waals surface area contributed by atoms with Crippen molar-refractivity contribution in [2.75, 3.05) is 17.2 Å². The summed E-state index contributed by atoms with van der Waals surface area (Å²) in [5, 5.41) is 17.3. The van der Waals surface area contributed by atoms with Crippen LogP contribution in [0.5, 0.6) is 0 Å². The van der Waals surface area contributed by atoms with Crippen molar-refractivity contribution in [2.24, 2.45) is 5.41 Å². The lowest BCUT2D eigenvalue weighted by Crippen LogP contribution is -2.30. The summed E-state index contributed by atoms with van der Waals surface area (Å²) < 4.78 is 0. The van der Waals surface area contributed by atoms with Crippen molar-refractivity contribution in [3.63, 3.8) is 0 Å². The van der Waals surface area contributed by atoms with E-state index in [1.165, 1.54) is 6.20 Å². The molecule has 0 spiro atoms. The topological polar surface area (TPSA) is 93.0 Å². The number of nitro groups is 1. The fourth-order valence-electron chi connectivity index (χ4n) is 2.60. The molecule has 1 fully saturated rings. The van der Waals surface area contributed by atoms with Gasteiger partial charge >= 0.3 is 5.69 Å². The van der Waals surface area contributed by atoms with Gasteiger partial charge in [0, 0.05) is 12.6 Å². The number of anilines is 2. The van der Waals surface area contributed by atoms with E-state index < -0.39 is 4.92 Å². The maximum Gasteiger partial charge on any atom is 0.329 e. The van der Waals surface area contributed by atoms with Crippen LogP contribution in [0.25, 0.3) is 0 Å². The molecule has 21 heavy (non-hydrogen) atoms. The third-order valence-corrected chi connectivity index (χ3v) is 3.98.